The third-order valence-electron chi connectivity index (χ3n) is 4.35. The molecule has 0 aliphatic heterocycles. The fourth-order valence-corrected chi connectivity index (χ4v) is 2.99. The molecule has 0 saturated carbocycles. The minimum atomic E-state index is -0.617. The van der Waals surface area contributed by atoms with Gasteiger partial charge in [0.15, 0.2) is 6.61 Å². The van der Waals surface area contributed by atoms with Crippen LogP contribution in [-0.2, 0) is 16.1 Å². The van der Waals surface area contributed by atoms with E-state index in [2.05, 4.69) is 5.32 Å². The summed E-state index contributed by atoms with van der Waals surface area (Å²) in [6.07, 6.45) is 0.471. The van der Waals surface area contributed by atoms with Gasteiger partial charge < -0.3 is 19.7 Å². The van der Waals surface area contributed by atoms with Crippen LogP contribution in [-0.4, -0.2) is 43.5 Å². The number of hydrogen-bond donors (Lipinski definition) is 1. The van der Waals surface area contributed by atoms with E-state index < -0.39 is 6.04 Å². The fourth-order valence-electron chi connectivity index (χ4n) is 2.80. The highest BCUT2D eigenvalue weighted by Gasteiger charge is 2.28. The van der Waals surface area contributed by atoms with E-state index in [1.165, 1.54) is 4.90 Å². The Hall–Kier alpha value is -2.73. The van der Waals surface area contributed by atoms with E-state index in [-0.39, 0.29) is 25.0 Å². The standard InChI is InChI=1S/C21H25ClN2O4/c1-4-19(21(26)23-2)24(13-15-7-5-6-8-18(15)22)20(25)14-28-17-11-9-16(27-3)10-12-17/h5-12,19H,4,13-14H2,1-3H3,(H,23,26)/t19-/m0/s1. The zero-order chi connectivity index (χ0) is 20.5. The van der Waals surface area contributed by atoms with Crippen LogP contribution in [0.1, 0.15) is 18.9 Å². The molecule has 0 bridgehead atoms. The summed E-state index contributed by atoms with van der Waals surface area (Å²) in [5, 5.41) is 3.16. The Bertz CT molecular complexity index is 795. The average Bonchev–Trinajstić information content (AvgIpc) is 2.73. The third-order valence-corrected chi connectivity index (χ3v) is 4.72. The molecule has 28 heavy (non-hydrogen) atoms. The molecule has 2 rings (SSSR count). The first kappa shape index (κ1) is 21.6. The predicted octanol–water partition coefficient (Wildman–Crippen LogP) is 3.28. The molecule has 1 atom stereocenters. The van der Waals surface area contributed by atoms with Gasteiger partial charge in [-0.25, -0.2) is 0 Å². The van der Waals surface area contributed by atoms with E-state index in [0.29, 0.717) is 22.9 Å². The van der Waals surface area contributed by atoms with Gasteiger partial charge in [0.2, 0.25) is 5.91 Å². The molecule has 2 amide bonds. The van der Waals surface area contributed by atoms with Crippen LogP contribution < -0.4 is 14.8 Å². The Kier molecular flexibility index (Phi) is 8.14. The monoisotopic (exact) mass is 404 g/mol. The van der Waals surface area contributed by atoms with Crippen molar-refractivity contribution in [3.05, 3.63) is 59.1 Å². The van der Waals surface area contributed by atoms with Crippen molar-refractivity contribution in [2.45, 2.75) is 25.9 Å². The molecule has 1 N–H and O–H groups in total. The van der Waals surface area contributed by atoms with Gasteiger partial charge in [-0.3, -0.25) is 9.59 Å². The maximum Gasteiger partial charge on any atom is 0.261 e. The second kappa shape index (κ2) is 10.6. The van der Waals surface area contributed by atoms with Crippen LogP contribution >= 0.6 is 11.6 Å². The molecule has 6 nitrogen and oxygen atoms in total. The van der Waals surface area contributed by atoms with Gasteiger partial charge in [-0.1, -0.05) is 36.7 Å². The summed E-state index contributed by atoms with van der Waals surface area (Å²) < 4.78 is 10.7. The Balaban J connectivity index is 2.17. The van der Waals surface area contributed by atoms with Crippen LogP contribution in [0.4, 0.5) is 0 Å². The Morgan fingerprint density at radius 3 is 2.32 bits per heavy atom. The van der Waals surface area contributed by atoms with Crippen molar-refractivity contribution >= 4 is 23.4 Å². The lowest BCUT2D eigenvalue weighted by Gasteiger charge is -2.30. The van der Waals surface area contributed by atoms with E-state index >= 15 is 0 Å². The van der Waals surface area contributed by atoms with Gasteiger partial charge in [0.05, 0.1) is 7.11 Å². The molecule has 2 aromatic rings. The van der Waals surface area contributed by atoms with Gasteiger partial charge in [-0.15, -0.1) is 0 Å². The van der Waals surface area contributed by atoms with E-state index in [1.54, 1.807) is 44.5 Å². The summed E-state index contributed by atoms with van der Waals surface area (Å²) in [5.41, 5.74) is 0.768. The number of benzene rings is 2. The molecular weight excluding hydrogens is 380 g/mol. The number of nitrogens with zero attached hydrogens (tertiary/aromatic N) is 1. The minimum absolute atomic E-state index is 0.190. The van der Waals surface area contributed by atoms with Crippen molar-refractivity contribution in [2.24, 2.45) is 0 Å². The van der Waals surface area contributed by atoms with E-state index in [9.17, 15) is 9.59 Å². The zero-order valence-corrected chi connectivity index (χ0v) is 17.0. The Morgan fingerprint density at radius 1 is 1.11 bits per heavy atom. The number of amides is 2. The summed E-state index contributed by atoms with van der Waals surface area (Å²) in [4.78, 5) is 26.7. The summed E-state index contributed by atoms with van der Waals surface area (Å²) in [6.45, 7) is 1.89. The molecule has 7 heteroatoms. The number of hydrogen-bond acceptors (Lipinski definition) is 4. The molecule has 0 aromatic heterocycles. The number of nitrogens with one attached hydrogen (secondary N) is 1. The summed E-state index contributed by atoms with van der Waals surface area (Å²) >= 11 is 6.25. The number of carbonyl (C=O) groups is 2. The predicted molar refractivity (Wildman–Crippen MR) is 109 cm³/mol. The largest absolute Gasteiger partial charge is 0.497 e. The van der Waals surface area contributed by atoms with Crippen molar-refractivity contribution < 1.29 is 19.1 Å². The first-order valence-electron chi connectivity index (χ1n) is 9.01. The highest BCUT2D eigenvalue weighted by molar-refractivity contribution is 6.31. The lowest BCUT2D eigenvalue weighted by Crippen LogP contribution is -2.49. The smallest absolute Gasteiger partial charge is 0.261 e. The van der Waals surface area contributed by atoms with Gasteiger partial charge in [-0.2, -0.15) is 0 Å². The van der Waals surface area contributed by atoms with E-state index in [4.69, 9.17) is 21.1 Å². The first-order chi connectivity index (χ1) is 13.5. The highest BCUT2D eigenvalue weighted by Crippen LogP contribution is 2.21. The maximum atomic E-state index is 12.9. The number of methoxy groups -OCH3 is 1. The molecule has 0 saturated heterocycles. The molecule has 0 unspecified atom stereocenters. The number of halogens is 1. The molecule has 150 valence electrons. The summed E-state index contributed by atoms with van der Waals surface area (Å²) in [6, 6.07) is 13.6. The number of rotatable bonds is 9. The topological polar surface area (TPSA) is 67.9 Å². The SMILES string of the molecule is CC[C@@H](C(=O)NC)N(Cc1ccccc1Cl)C(=O)COc1ccc(OC)cc1. The highest BCUT2D eigenvalue weighted by atomic mass is 35.5. The van der Waals surface area contributed by atoms with E-state index in [1.807, 2.05) is 25.1 Å². The summed E-state index contributed by atoms with van der Waals surface area (Å²) in [7, 11) is 3.13. The van der Waals surface area contributed by atoms with Gasteiger partial charge >= 0.3 is 0 Å². The van der Waals surface area contributed by atoms with Crippen LogP contribution in [0, 0.1) is 0 Å². The van der Waals surface area contributed by atoms with Crippen LogP contribution in [0.5, 0.6) is 11.5 Å². The van der Waals surface area contributed by atoms with Crippen LogP contribution in [0.15, 0.2) is 48.5 Å². The number of ether oxygens (including phenoxy) is 2. The Labute approximate surface area is 170 Å². The summed E-state index contributed by atoms with van der Waals surface area (Å²) in [5.74, 6) is 0.711. The number of likely N-dealkylation sites (N-methyl/N-ethyl adjacent to an activating group) is 1. The molecule has 0 heterocycles. The first-order valence-corrected chi connectivity index (χ1v) is 9.39. The van der Waals surface area contributed by atoms with Gasteiger partial charge in [0.1, 0.15) is 17.5 Å². The molecule has 0 radical (unpaired) electrons. The van der Waals surface area contributed by atoms with Crippen molar-refractivity contribution in [1.29, 1.82) is 0 Å². The lowest BCUT2D eigenvalue weighted by atomic mass is 10.1. The average molecular weight is 405 g/mol. The van der Waals surface area contributed by atoms with Crippen molar-refractivity contribution in [1.82, 2.24) is 10.2 Å². The third kappa shape index (κ3) is 5.63. The normalized spacial score (nSPS) is 11.4. The van der Waals surface area contributed by atoms with E-state index in [0.717, 1.165) is 5.56 Å². The van der Waals surface area contributed by atoms with Crippen molar-refractivity contribution in [3.63, 3.8) is 0 Å². The molecule has 0 spiro atoms. The van der Waals surface area contributed by atoms with Gasteiger partial charge in [0.25, 0.3) is 5.91 Å². The molecule has 2 aromatic carbocycles. The molecule has 0 fully saturated rings. The van der Waals surface area contributed by atoms with Crippen LogP contribution in [0.25, 0.3) is 0 Å². The second-order valence-corrected chi connectivity index (χ2v) is 6.52. The molecule has 0 aliphatic rings. The van der Waals surface area contributed by atoms with Gasteiger partial charge in [-0.05, 0) is 42.3 Å². The fraction of sp³-hybridized carbons (Fsp3) is 0.333. The quantitative estimate of drug-likeness (QED) is 0.696. The zero-order valence-electron chi connectivity index (χ0n) is 16.3. The second-order valence-electron chi connectivity index (χ2n) is 6.12. The van der Waals surface area contributed by atoms with Crippen LogP contribution in [0.3, 0.4) is 0 Å². The van der Waals surface area contributed by atoms with Crippen LogP contribution in [0.2, 0.25) is 5.02 Å². The minimum Gasteiger partial charge on any atom is -0.497 e. The maximum absolute atomic E-state index is 12.9. The lowest BCUT2D eigenvalue weighted by molar-refractivity contribution is -0.142. The van der Waals surface area contributed by atoms with Gasteiger partial charge in [0, 0.05) is 18.6 Å². The van der Waals surface area contributed by atoms with Crippen molar-refractivity contribution in [2.75, 3.05) is 20.8 Å². The van der Waals surface area contributed by atoms with Crippen molar-refractivity contribution in [3.8, 4) is 11.5 Å². The molecule has 0 aliphatic carbocycles. The number of carbonyl (C=O) groups excluding carboxylic acids is 2. The Morgan fingerprint density at radius 2 is 1.75 bits per heavy atom. The molecular formula is C21H25ClN2O4.